The number of hydrogen-bond donors (Lipinski definition) is 2. The van der Waals surface area contributed by atoms with Gasteiger partial charge in [-0.2, -0.15) is 0 Å². The Balaban J connectivity index is 3.39. The molecular formula is C13H15FO5. The molecule has 0 heterocycles. The summed E-state index contributed by atoms with van der Waals surface area (Å²) in [7, 11) is 0. The van der Waals surface area contributed by atoms with Crippen LogP contribution < -0.4 is 0 Å². The first-order valence-corrected chi connectivity index (χ1v) is 5.76. The van der Waals surface area contributed by atoms with Gasteiger partial charge in [-0.05, 0) is 24.6 Å². The number of carboxylic acid groups (broad SMARTS) is 1. The van der Waals surface area contributed by atoms with E-state index in [1.807, 2.05) is 0 Å². The zero-order valence-electron chi connectivity index (χ0n) is 10.4. The second-order valence-electron chi connectivity index (χ2n) is 3.91. The highest BCUT2D eigenvalue weighted by atomic mass is 19.1. The fourth-order valence-electron chi connectivity index (χ4n) is 1.86. The summed E-state index contributed by atoms with van der Waals surface area (Å²) in [5, 5.41) is 18.4. The number of ether oxygens (including phenoxy) is 1. The summed E-state index contributed by atoms with van der Waals surface area (Å²) in [4.78, 5) is 23.5. The maximum Gasteiger partial charge on any atom is 0.328 e. The topological polar surface area (TPSA) is 83.8 Å². The minimum atomic E-state index is -2.09. The molecule has 0 radical (unpaired) electrons. The molecule has 0 aliphatic rings. The van der Waals surface area contributed by atoms with Crippen molar-refractivity contribution in [1.29, 1.82) is 0 Å². The van der Waals surface area contributed by atoms with E-state index in [0.717, 1.165) is 12.1 Å². The standard InChI is InChI=1S/C13H15FO5/c1-2-19-12(18)13(6-7-15,11(16)17)9-4-3-5-10(14)8-9/h3-5,8,15H,2,6-7H2,1H3,(H,16,17). The number of carboxylic acids is 1. The average Bonchev–Trinajstić information content (AvgIpc) is 2.35. The van der Waals surface area contributed by atoms with Gasteiger partial charge in [0.15, 0.2) is 5.41 Å². The van der Waals surface area contributed by atoms with Crippen molar-refractivity contribution in [3.63, 3.8) is 0 Å². The van der Waals surface area contributed by atoms with Crippen molar-refractivity contribution in [2.24, 2.45) is 0 Å². The molecule has 19 heavy (non-hydrogen) atoms. The molecule has 0 aromatic heterocycles. The van der Waals surface area contributed by atoms with E-state index in [9.17, 15) is 19.1 Å². The van der Waals surface area contributed by atoms with Gasteiger partial charge in [-0.25, -0.2) is 4.39 Å². The second-order valence-corrected chi connectivity index (χ2v) is 3.91. The molecule has 0 amide bonds. The summed E-state index contributed by atoms with van der Waals surface area (Å²) in [5.41, 5.74) is -2.14. The van der Waals surface area contributed by atoms with E-state index in [1.54, 1.807) is 0 Å². The molecule has 0 bridgehead atoms. The maximum atomic E-state index is 13.2. The molecule has 2 N–H and O–H groups in total. The quantitative estimate of drug-likeness (QED) is 0.597. The van der Waals surface area contributed by atoms with Crippen LogP contribution in [-0.2, 0) is 19.7 Å². The molecular weight excluding hydrogens is 255 g/mol. The van der Waals surface area contributed by atoms with Crippen LogP contribution in [0.2, 0.25) is 0 Å². The Morgan fingerprint density at radius 2 is 2.11 bits per heavy atom. The second kappa shape index (κ2) is 6.29. The van der Waals surface area contributed by atoms with Crippen molar-refractivity contribution in [3.05, 3.63) is 35.6 Å². The summed E-state index contributed by atoms with van der Waals surface area (Å²) in [6.45, 7) is 0.991. The number of benzene rings is 1. The molecule has 1 aromatic rings. The fourth-order valence-corrected chi connectivity index (χ4v) is 1.86. The lowest BCUT2D eigenvalue weighted by Gasteiger charge is -2.26. The summed E-state index contributed by atoms with van der Waals surface area (Å²) in [6.07, 6.45) is -0.384. The highest BCUT2D eigenvalue weighted by molar-refractivity contribution is 6.05. The third-order valence-corrected chi connectivity index (χ3v) is 2.79. The molecule has 0 saturated heterocycles. The Hall–Kier alpha value is -1.95. The van der Waals surface area contributed by atoms with Crippen LogP contribution in [0.3, 0.4) is 0 Å². The lowest BCUT2D eigenvalue weighted by molar-refractivity contribution is -0.162. The largest absolute Gasteiger partial charge is 0.480 e. The molecule has 6 heteroatoms. The smallest absolute Gasteiger partial charge is 0.328 e. The van der Waals surface area contributed by atoms with E-state index in [0.29, 0.717) is 0 Å². The Bertz CT molecular complexity index is 474. The predicted molar refractivity (Wildman–Crippen MR) is 64.0 cm³/mol. The molecule has 0 aliphatic heterocycles. The fraction of sp³-hybridized carbons (Fsp3) is 0.385. The highest BCUT2D eigenvalue weighted by Gasteiger charge is 2.49. The summed E-state index contributed by atoms with van der Waals surface area (Å²) in [5.74, 6) is -3.15. The first kappa shape index (κ1) is 15.1. The molecule has 0 aliphatic carbocycles. The number of aliphatic carboxylic acids is 1. The van der Waals surface area contributed by atoms with E-state index >= 15 is 0 Å². The van der Waals surface area contributed by atoms with Crippen LogP contribution in [-0.4, -0.2) is 35.4 Å². The first-order chi connectivity index (χ1) is 8.98. The molecule has 1 atom stereocenters. The van der Waals surface area contributed by atoms with Crippen molar-refractivity contribution in [1.82, 2.24) is 0 Å². The Kier molecular flexibility index (Phi) is 5.00. The van der Waals surface area contributed by atoms with Gasteiger partial charge < -0.3 is 14.9 Å². The monoisotopic (exact) mass is 270 g/mol. The van der Waals surface area contributed by atoms with Gasteiger partial charge in [0, 0.05) is 13.0 Å². The maximum absolute atomic E-state index is 13.2. The first-order valence-electron chi connectivity index (χ1n) is 5.76. The van der Waals surface area contributed by atoms with Gasteiger partial charge in [-0.15, -0.1) is 0 Å². The summed E-state index contributed by atoms with van der Waals surface area (Å²) >= 11 is 0. The summed E-state index contributed by atoms with van der Waals surface area (Å²) in [6, 6.07) is 4.73. The molecule has 104 valence electrons. The molecule has 1 rings (SSSR count). The van der Waals surface area contributed by atoms with Crippen molar-refractivity contribution in [2.45, 2.75) is 18.8 Å². The van der Waals surface area contributed by atoms with Gasteiger partial charge in [0.2, 0.25) is 0 Å². The lowest BCUT2D eigenvalue weighted by Crippen LogP contribution is -2.46. The van der Waals surface area contributed by atoms with E-state index in [1.165, 1.54) is 19.1 Å². The Labute approximate surface area is 109 Å². The molecule has 0 saturated carbocycles. The van der Waals surface area contributed by atoms with E-state index in [4.69, 9.17) is 9.84 Å². The minimum absolute atomic E-state index is 0.00535. The van der Waals surface area contributed by atoms with Crippen LogP contribution in [0.25, 0.3) is 0 Å². The van der Waals surface area contributed by atoms with Crippen molar-refractivity contribution < 1.29 is 28.9 Å². The molecule has 1 aromatic carbocycles. The van der Waals surface area contributed by atoms with Gasteiger partial charge >= 0.3 is 11.9 Å². The minimum Gasteiger partial charge on any atom is -0.480 e. The predicted octanol–water partition coefficient (Wildman–Crippen LogP) is 1.09. The van der Waals surface area contributed by atoms with Gasteiger partial charge in [0.1, 0.15) is 5.82 Å². The number of hydrogen-bond acceptors (Lipinski definition) is 4. The van der Waals surface area contributed by atoms with Crippen LogP contribution in [0.15, 0.2) is 24.3 Å². The van der Waals surface area contributed by atoms with Crippen molar-refractivity contribution in [2.75, 3.05) is 13.2 Å². The van der Waals surface area contributed by atoms with Crippen LogP contribution in [0.5, 0.6) is 0 Å². The number of aliphatic hydroxyl groups excluding tert-OH is 1. The summed E-state index contributed by atoms with van der Waals surface area (Å²) < 4.78 is 18.0. The number of carbonyl (C=O) groups is 2. The normalized spacial score (nSPS) is 13.6. The third kappa shape index (κ3) is 2.90. The number of rotatable bonds is 6. The van der Waals surface area contributed by atoms with Crippen molar-refractivity contribution >= 4 is 11.9 Å². The molecule has 0 spiro atoms. The molecule has 0 fully saturated rings. The molecule has 1 unspecified atom stereocenters. The van der Waals surface area contributed by atoms with E-state index in [-0.39, 0.29) is 18.6 Å². The van der Waals surface area contributed by atoms with Crippen molar-refractivity contribution in [3.8, 4) is 0 Å². The number of aliphatic hydroxyl groups is 1. The van der Waals surface area contributed by atoms with Crippen LogP contribution >= 0.6 is 0 Å². The van der Waals surface area contributed by atoms with E-state index in [2.05, 4.69) is 0 Å². The SMILES string of the molecule is CCOC(=O)C(CCO)(C(=O)O)c1cccc(F)c1. The highest BCUT2D eigenvalue weighted by Crippen LogP contribution is 2.30. The molecule has 5 nitrogen and oxygen atoms in total. The number of esters is 1. The zero-order chi connectivity index (χ0) is 14.5. The Morgan fingerprint density at radius 3 is 2.58 bits per heavy atom. The lowest BCUT2D eigenvalue weighted by atomic mass is 9.77. The van der Waals surface area contributed by atoms with E-state index < -0.39 is 29.8 Å². The van der Waals surface area contributed by atoms with Gasteiger partial charge in [-0.3, -0.25) is 9.59 Å². The van der Waals surface area contributed by atoms with Gasteiger partial charge in [0.25, 0.3) is 0 Å². The van der Waals surface area contributed by atoms with Crippen LogP contribution in [0.1, 0.15) is 18.9 Å². The van der Waals surface area contributed by atoms with Gasteiger partial charge in [0.05, 0.1) is 6.61 Å². The van der Waals surface area contributed by atoms with Crippen LogP contribution in [0, 0.1) is 5.82 Å². The van der Waals surface area contributed by atoms with Crippen LogP contribution in [0.4, 0.5) is 4.39 Å². The Morgan fingerprint density at radius 1 is 1.42 bits per heavy atom. The van der Waals surface area contributed by atoms with Gasteiger partial charge in [-0.1, -0.05) is 12.1 Å². The number of carbonyl (C=O) groups excluding carboxylic acids is 1. The number of halogens is 1. The zero-order valence-corrected chi connectivity index (χ0v) is 10.4. The average molecular weight is 270 g/mol. The third-order valence-electron chi connectivity index (χ3n) is 2.79.